The monoisotopic (exact) mass is 220 g/mol. The molecule has 0 bridgehead atoms. The molecule has 0 aromatic heterocycles. The minimum Gasteiger partial charge on any atom is -0.372 e. The van der Waals surface area contributed by atoms with Crippen molar-refractivity contribution in [3.8, 4) is 0 Å². The van der Waals surface area contributed by atoms with Crippen molar-refractivity contribution in [2.75, 3.05) is 7.05 Å². The zero-order valence-electron chi connectivity index (χ0n) is 9.26. The number of nitrogens with zero attached hydrogens (tertiary/aromatic N) is 1. The Morgan fingerprint density at radius 2 is 2.12 bits per heavy atom. The van der Waals surface area contributed by atoms with Gasteiger partial charge in [-0.2, -0.15) is 0 Å². The standard InChI is InChI=1S/C12H16N2O2/c1-14(8-9-5-3-2-4-6-9)10-7-11(15)13-12(10)16/h2-6,10,12,16H,7-8H2,1H3,(H,13,15). The van der Waals surface area contributed by atoms with Crippen LogP contribution in [0.4, 0.5) is 0 Å². The Morgan fingerprint density at radius 3 is 2.69 bits per heavy atom. The van der Waals surface area contributed by atoms with Crippen LogP contribution in [0.3, 0.4) is 0 Å². The molecule has 0 spiro atoms. The largest absolute Gasteiger partial charge is 0.372 e. The molecule has 1 aliphatic heterocycles. The smallest absolute Gasteiger partial charge is 0.223 e. The van der Waals surface area contributed by atoms with Crippen LogP contribution in [0.5, 0.6) is 0 Å². The summed E-state index contributed by atoms with van der Waals surface area (Å²) in [5, 5.41) is 12.1. The Kier molecular flexibility index (Phi) is 3.22. The van der Waals surface area contributed by atoms with E-state index in [0.717, 1.165) is 6.54 Å². The van der Waals surface area contributed by atoms with Crippen molar-refractivity contribution in [1.82, 2.24) is 10.2 Å². The number of benzene rings is 1. The van der Waals surface area contributed by atoms with Crippen LogP contribution in [0.1, 0.15) is 12.0 Å². The number of aliphatic hydroxyl groups is 1. The summed E-state index contributed by atoms with van der Waals surface area (Å²) in [6.07, 6.45) is -0.383. The van der Waals surface area contributed by atoms with Crippen molar-refractivity contribution in [2.45, 2.75) is 25.2 Å². The second-order valence-corrected chi connectivity index (χ2v) is 4.18. The third-order valence-electron chi connectivity index (χ3n) is 2.91. The molecule has 16 heavy (non-hydrogen) atoms. The molecule has 2 N–H and O–H groups in total. The molecule has 4 heteroatoms. The van der Waals surface area contributed by atoms with Crippen molar-refractivity contribution >= 4 is 5.91 Å². The number of hydrogen-bond donors (Lipinski definition) is 2. The molecule has 86 valence electrons. The molecule has 1 aliphatic rings. The SMILES string of the molecule is CN(Cc1ccccc1)C1CC(=O)NC1O. The van der Waals surface area contributed by atoms with Crippen LogP contribution in [-0.2, 0) is 11.3 Å². The van der Waals surface area contributed by atoms with Crippen LogP contribution in [0.15, 0.2) is 30.3 Å². The average molecular weight is 220 g/mol. The molecule has 1 saturated heterocycles. The van der Waals surface area contributed by atoms with Crippen molar-refractivity contribution < 1.29 is 9.90 Å². The van der Waals surface area contributed by atoms with Gasteiger partial charge in [0.15, 0.2) is 0 Å². The molecule has 2 unspecified atom stereocenters. The highest BCUT2D eigenvalue weighted by molar-refractivity contribution is 5.79. The fourth-order valence-electron chi connectivity index (χ4n) is 2.01. The van der Waals surface area contributed by atoms with Crippen molar-refractivity contribution in [3.05, 3.63) is 35.9 Å². The van der Waals surface area contributed by atoms with Gasteiger partial charge in [0.1, 0.15) is 6.23 Å². The van der Waals surface area contributed by atoms with E-state index in [4.69, 9.17) is 0 Å². The van der Waals surface area contributed by atoms with E-state index in [1.165, 1.54) is 5.56 Å². The van der Waals surface area contributed by atoms with Gasteiger partial charge >= 0.3 is 0 Å². The molecule has 0 saturated carbocycles. The van der Waals surface area contributed by atoms with E-state index in [0.29, 0.717) is 6.42 Å². The third-order valence-corrected chi connectivity index (χ3v) is 2.91. The summed E-state index contributed by atoms with van der Waals surface area (Å²) >= 11 is 0. The maximum Gasteiger partial charge on any atom is 0.223 e. The summed E-state index contributed by atoms with van der Waals surface area (Å²) < 4.78 is 0. The van der Waals surface area contributed by atoms with Gasteiger partial charge in [-0.3, -0.25) is 9.69 Å². The van der Waals surface area contributed by atoms with Crippen molar-refractivity contribution in [2.24, 2.45) is 0 Å². The average Bonchev–Trinajstić information content (AvgIpc) is 2.59. The molecular formula is C12H16N2O2. The Morgan fingerprint density at radius 1 is 1.44 bits per heavy atom. The first kappa shape index (κ1) is 11.1. The van der Waals surface area contributed by atoms with Crippen LogP contribution in [-0.4, -0.2) is 35.2 Å². The summed E-state index contributed by atoms with van der Waals surface area (Å²) in [5.41, 5.74) is 1.18. The van der Waals surface area contributed by atoms with Crippen molar-refractivity contribution in [1.29, 1.82) is 0 Å². The number of nitrogens with one attached hydrogen (secondary N) is 1. The second kappa shape index (κ2) is 4.63. The molecule has 0 radical (unpaired) electrons. The predicted molar refractivity (Wildman–Crippen MR) is 60.5 cm³/mol. The highest BCUT2D eigenvalue weighted by Crippen LogP contribution is 2.15. The summed E-state index contributed by atoms with van der Waals surface area (Å²) in [4.78, 5) is 13.1. The first-order chi connectivity index (χ1) is 7.66. The fraction of sp³-hybridized carbons (Fsp3) is 0.417. The van der Waals surface area contributed by atoms with Crippen LogP contribution < -0.4 is 5.32 Å². The summed E-state index contributed by atoms with van der Waals surface area (Å²) in [6.45, 7) is 0.734. The van der Waals surface area contributed by atoms with E-state index in [1.54, 1.807) is 0 Å². The molecule has 2 rings (SSSR count). The van der Waals surface area contributed by atoms with E-state index >= 15 is 0 Å². The lowest BCUT2D eigenvalue weighted by Crippen LogP contribution is -2.41. The minimum atomic E-state index is -0.749. The van der Waals surface area contributed by atoms with Gasteiger partial charge in [-0.25, -0.2) is 0 Å². The van der Waals surface area contributed by atoms with Gasteiger partial charge in [-0.1, -0.05) is 30.3 Å². The van der Waals surface area contributed by atoms with Gasteiger partial charge in [0.25, 0.3) is 0 Å². The normalized spacial score (nSPS) is 24.8. The summed E-state index contributed by atoms with van der Waals surface area (Å²) in [6, 6.07) is 9.88. The van der Waals surface area contributed by atoms with Crippen LogP contribution in [0, 0.1) is 0 Å². The number of aliphatic hydroxyl groups excluding tert-OH is 1. The van der Waals surface area contributed by atoms with E-state index in [2.05, 4.69) is 5.32 Å². The second-order valence-electron chi connectivity index (χ2n) is 4.18. The molecule has 1 fully saturated rings. The van der Waals surface area contributed by atoms with E-state index in [-0.39, 0.29) is 11.9 Å². The number of carbonyl (C=O) groups is 1. The lowest BCUT2D eigenvalue weighted by atomic mass is 10.1. The Balaban J connectivity index is 1.98. The van der Waals surface area contributed by atoms with E-state index in [1.807, 2.05) is 42.3 Å². The van der Waals surface area contributed by atoms with Crippen LogP contribution in [0.25, 0.3) is 0 Å². The van der Waals surface area contributed by atoms with Gasteiger partial charge in [0.2, 0.25) is 5.91 Å². The highest BCUT2D eigenvalue weighted by Gasteiger charge is 2.33. The molecule has 1 aromatic rings. The molecule has 4 nitrogen and oxygen atoms in total. The number of rotatable bonds is 3. The summed E-state index contributed by atoms with van der Waals surface area (Å²) in [5.74, 6) is -0.0857. The lowest BCUT2D eigenvalue weighted by Gasteiger charge is -2.25. The van der Waals surface area contributed by atoms with Gasteiger partial charge < -0.3 is 10.4 Å². The van der Waals surface area contributed by atoms with Crippen LogP contribution >= 0.6 is 0 Å². The first-order valence-electron chi connectivity index (χ1n) is 5.38. The van der Waals surface area contributed by atoms with E-state index in [9.17, 15) is 9.90 Å². The molecule has 0 aliphatic carbocycles. The molecule has 1 aromatic carbocycles. The van der Waals surface area contributed by atoms with Gasteiger partial charge in [0, 0.05) is 13.0 Å². The zero-order chi connectivity index (χ0) is 11.5. The third kappa shape index (κ3) is 2.40. The minimum absolute atomic E-state index is 0.0857. The number of carbonyl (C=O) groups excluding carboxylic acids is 1. The van der Waals surface area contributed by atoms with Crippen LogP contribution in [0.2, 0.25) is 0 Å². The Labute approximate surface area is 94.9 Å². The number of likely N-dealkylation sites (N-methyl/N-ethyl adjacent to an activating group) is 1. The number of hydrogen-bond acceptors (Lipinski definition) is 3. The lowest BCUT2D eigenvalue weighted by molar-refractivity contribution is -0.120. The van der Waals surface area contributed by atoms with Gasteiger partial charge in [-0.05, 0) is 12.6 Å². The summed E-state index contributed by atoms with van der Waals surface area (Å²) in [7, 11) is 1.92. The topological polar surface area (TPSA) is 52.6 Å². The highest BCUT2D eigenvalue weighted by atomic mass is 16.3. The molecule has 1 amide bonds. The molecular weight excluding hydrogens is 204 g/mol. The number of amides is 1. The zero-order valence-corrected chi connectivity index (χ0v) is 9.26. The predicted octanol–water partition coefficient (Wildman–Crippen LogP) is 0.325. The fourth-order valence-corrected chi connectivity index (χ4v) is 2.01. The van der Waals surface area contributed by atoms with E-state index < -0.39 is 6.23 Å². The Bertz CT molecular complexity index is 367. The Hall–Kier alpha value is -1.39. The maximum atomic E-state index is 11.1. The van der Waals surface area contributed by atoms with Gasteiger partial charge in [-0.15, -0.1) is 0 Å². The quantitative estimate of drug-likeness (QED) is 0.771. The maximum absolute atomic E-state index is 11.1. The van der Waals surface area contributed by atoms with Gasteiger partial charge in [0.05, 0.1) is 6.04 Å². The molecule has 1 heterocycles. The molecule has 2 atom stereocenters. The van der Waals surface area contributed by atoms with Crippen molar-refractivity contribution in [3.63, 3.8) is 0 Å². The first-order valence-corrected chi connectivity index (χ1v) is 5.38.